The third-order valence-corrected chi connectivity index (χ3v) is 6.64. The van der Waals surface area contributed by atoms with Crippen LogP contribution in [0.1, 0.15) is 39.5 Å². The highest BCUT2D eigenvalue weighted by Gasteiger charge is 2.17. The van der Waals surface area contributed by atoms with Crippen molar-refractivity contribution in [2.45, 2.75) is 39.5 Å². The molecular formula is C32H30N2O4. The lowest BCUT2D eigenvalue weighted by atomic mass is 9.99. The van der Waals surface area contributed by atoms with Crippen molar-refractivity contribution in [3.8, 4) is 34.4 Å². The van der Waals surface area contributed by atoms with Gasteiger partial charge in [0.2, 0.25) is 11.8 Å². The normalized spacial score (nSPS) is 11.5. The zero-order chi connectivity index (χ0) is 25.9. The van der Waals surface area contributed by atoms with E-state index in [1.165, 1.54) is 0 Å². The van der Waals surface area contributed by atoms with E-state index < -0.39 is 0 Å². The van der Waals surface area contributed by atoms with Gasteiger partial charge in [-0.25, -0.2) is 9.97 Å². The first-order valence-corrected chi connectivity index (χ1v) is 13.3. The Labute approximate surface area is 221 Å². The Bertz CT molecular complexity index is 1590. The van der Waals surface area contributed by atoms with Crippen LogP contribution in [0, 0.1) is 0 Å². The van der Waals surface area contributed by atoms with E-state index in [9.17, 15) is 0 Å². The molecule has 6 heteroatoms. The molecule has 192 valence electrons. The summed E-state index contributed by atoms with van der Waals surface area (Å²) in [5.74, 6) is 2.75. The van der Waals surface area contributed by atoms with Crippen LogP contribution in [0.3, 0.4) is 0 Å². The average Bonchev–Trinajstić information content (AvgIpc) is 3.56. The highest BCUT2D eigenvalue weighted by Crippen LogP contribution is 2.37. The van der Waals surface area contributed by atoms with E-state index in [0.717, 1.165) is 81.3 Å². The maximum absolute atomic E-state index is 6.17. The van der Waals surface area contributed by atoms with Crippen LogP contribution in [0.15, 0.2) is 81.6 Å². The van der Waals surface area contributed by atoms with E-state index in [0.29, 0.717) is 25.0 Å². The number of rotatable bonds is 10. The number of fused-ring (bicyclic) bond motifs is 3. The molecule has 6 rings (SSSR count). The lowest BCUT2D eigenvalue weighted by molar-refractivity contribution is 0.309. The van der Waals surface area contributed by atoms with Gasteiger partial charge in [0.1, 0.15) is 22.5 Å². The van der Waals surface area contributed by atoms with Crippen LogP contribution >= 0.6 is 0 Å². The molecule has 0 radical (unpaired) electrons. The van der Waals surface area contributed by atoms with Crippen LogP contribution in [-0.2, 0) is 0 Å². The van der Waals surface area contributed by atoms with Crippen molar-refractivity contribution in [3.63, 3.8) is 0 Å². The number of aromatic nitrogens is 2. The van der Waals surface area contributed by atoms with Crippen LogP contribution in [0.4, 0.5) is 0 Å². The van der Waals surface area contributed by atoms with Crippen LogP contribution in [0.25, 0.3) is 55.9 Å². The van der Waals surface area contributed by atoms with Crippen molar-refractivity contribution >= 4 is 33.0 Å². The minimum atomic E-state index is 0.569. The second kappa shape index (κ2) is 10.6. The molecule has 0 spiro atoms. The molecule has 0 atom stereocenters. The topological polar surface area (TPSA) is 70.5 Å². The monoisotopic (exact) mass is 506 g/mol. The van der Waals surface area contributed by atoms with Crippen molar-refractivity contribution in [2.24, 2.45) is 0 Å². The standard InChI is InChI=1S/C32H30N2O4/c1-3-5-17-35-21-11-15-29-27(19-21)33-31(37-29)25-13-14-26(24-10-8-7-9-23(24)25)32-34-28-20-22(36-18-6-4-2)12-16-30(28)38-32/h7-16,19-20H,3-6,17-18H2,1-2H3. The van der Waals surface area contributed by atoms with Gasteiger partial charge in [-0.05, 0) is 60.0 Å². The molecule has 0 aliphatic carbocycles. The van der Waals surface area contributed by atoms with E-state index in [-0.39, 0.29) is 0 Å². The molecule has 0 unspecified atom stereocenters. The number of benzene rings is 4. The summed E-state index contributed by atoms with van der Waals surface area (Å²) in [6.45, 7) is 5.69. The Hall–Kier alpha value is -4.32. The molecule has 6 aromatic rings. The van der Waals surface area contributed by atoms with E-state index in [2.05, 4.69) is 26.0 Å². The molecule has 6 nitrogen and oxygen atoms in total. The summed E-state index contributed by atoms with van der Waals surface area (Å²) in [5, 5.41) is 2.03. The Morgan fingerprint density at radius 3 is 1.53 bits per heavy atom. The van der Waals surface area contributed by atoms with Crippen molar-refractivity contribution < 1.29 is 18.3 Å². The molecule has 0 bridgehead atoms. The second-order valence-corrected chi connectivity index (χ2v) is 9.41. The van der Waals surface area contributed by atoms with Gasteiger partial charge >= 0.3 is 0 Å². The number of hydrogen-bond donors (Lipinski definition) is 0. The smallest absolute Gasteiger partial charge is 0.227 e. The van der Waals surface area contributed by atoms with Gasteiger partial charge in [-0.1, -0.05) is 51.0 Å². The predicted molar refractivity (Wildman–Crippen MR) is 151 cm³/mol. The van der Waals surface area contributed by atoms with Crippen molar-refractivity contribution in [1.29, 1.82) is 0 Å². The quantitative estimate of drug-likeness (QED) is 0.173. The fourth-order valence-electron chi connectivity index (χ4n) is 4.57. The lowest BCUT2D eigenvalue weighted by Gasteiger charge is -2.07. The van der Waals surface area contributed by atoms with Crippen LogP contribution in [-0.4, -0.2) is 23.2 Å². The van der Waals surface area contributed by atoms with Gasteiger partial charge in [-0.15, -0.1) is 0 Å². The highest BCUT2D eigenvalue weighted by atomic mass is 16.5. The molecule has 0 N–H and O–H groups in total. The fourth-order valence-corrected chi connectivity index (χ4v) is 4.57. The molecule has 2 aromatic heterocycles. The molecule has 0 saturated heterocycles. The Morgan fingerprint density at radius 1 is 0.605 bits per heavy atom. The minimum absolute atomic E-state index is 0.569. The second-order valence-electron chi connectivity index (χ2n) is 9.41. The molecule has 0 amide bonds. The molecule has 38 heavy (non-hydrogen) atoms. The SMILES string of the molecule is CCCCOc1ccc2oc(-c3ccc(-c4nc5cc(OCCCC)ccc5o4)c4ccccc34)nc2c1. The van der Waals surface area contributed by atoms with Gasteiger partial charge < -0.3 is 18.3 Å². The van der Waals surface area contributed by atoms with Crippen LogP contribution in [0.2, 0.25) is 0 Å². The molecule has 4 aromatic carbocycles. The number of hydrogen-bond acceptors (Lipinski definition) is 6. The molecule has 0 aliphatic rings. The summed E-state index contributed by atoms with van der Waals surface area (Å²) in [7, 11) is 0. The van der Waals surface area contributed by atoms with Gasteiger partial charge in [-0.3, -0.25) is 0 Å². The van der Waals surface area contributed by atoms with Gasteiger partial charge in [-0.2, -0.15) is 0 Å². The van der Waals surface area contributed by atoms with Crippen molar-refractivity contribution in [2.75, 3.05) is 13.2 Å². The van der Waals surface area contributed by atoms with Gasteiger partial charge in [0.25, 0.3) is 0 Å². The number of nitrogens with zero attached hydrogens (tertiary/aromatic N) is 2. The average molecular weight is 507 g/mol. The van der Waals surface area contributed by atoms with Crippen LogP contribution in [0.5, 0.6) is 11.5 Å². The zero-order valence-corrected chi connectivity index (χ0v) is 21.7. The van der Waals surface area contributed by atoms with Crippen LogP contribution < -0.4 is 9.47 Å². The van der Waals surface area contributed by atoms with Gasteiger partial charge in [0, 0.05) is 23.3 Å². The first-order valence-electron chi connectivity index (χ1n) is 13.3. The molecule has 0 saturated carbocycles. The summed E-state index contributed by atoms with van der Waals surface area (Å²) in [4.78, 5) is 9.60. The van der Waals surface area contributed by atoms with E-state index in [1.807, 2.05) is 60.7 Å². The summed E-state index contributed by atoms with van der Waals surface area (Å²) < 4.78 is 24.0. The third kappa shape index (κ3) is 4.70. The maximum atomic E-state index is 6.17. The number of unbranched alkanes of at least 4 members (excludes halogenated alkanes) is 2. The Balaban J connectivity index is 1.36. The van der Waals surface area contributed by atoms with Crippen molar-refractivity contribution in [1.82, 2.24) is 9.97 Å². The fraction of sp³-hybridized carbons (Fsp3) is 0.250. The van der Waals surface area contributed by atoms with E-state index in [1.54, 1.807) is 0 Å². The first kappa shape index (κ1) is 24.0. The summed E-state index contributed by atoms with van der Waals surface area (Å²) >= 11 is 0. The molecule has 0 aliphatic heterocycles. The highest BCUT2D eigenvalue weighted by molar-refractivity contribution is 6.03. The Morgan fingerprint density at radius 2 is 1.08 bits per heavy atom. The first-order chi connectivity index (χ1) is 18.7. The predicted octanol–water partition coefficient (Wildman–Crippen LogP) is 8.81. The molecular weight excluding hydrogens is 476 g/mol. The van der Waals surface area contributed by atoms with E-state index >= 15 is 0 Å². The van der Waals surface area contributed by atoms with Gasteiger partial charge in [0.15, 0.2) is 11.2 Å². The Kier molecular flexibility index (Phi) is 6.69. The lowest BCUT2D eigenvalue weighted by Crippen LogP contribution is -1.95. The molecule has 0 fully saturated rings. The number of oxazole rings is 2. The minimum Gasteiger partial charge on any atom is -0.494 e. The summed E-state index contributed by atoms with van der Waals surface area (Å²) in [6, 6.07) is 23.8. The van der Waals surface area contributed by atoms with Gasteiger partial charge in [0.05, 0.1) is 13.2 Å². The zero-order valence-electron chi connectivity index (χ0n) is 21.7. The van der Waals surface area contributed by atoms with Crippen molar-refractivity contribution in [3.05, 3.63) is 72.8 Å². The maximum Gasteiger partial charge on any atom is 0.227 e. The largest absolute Gasteiger partial charge is 0.494 e. The van der Waals surface area contributed by atoms with E-state index in [4.69, 9.17) is 28.3 Å². The molecule has 2 heterocycles. The summed E-state index contributed by atoms with van der Waals surface area (Å²) in [5.41, 5.74) is 4.84. The number of ether oxygens (including phenoxy) is 2. The third-order valence-electron chi connectivity index (χ3n) is 6.64. The summed E-state index contributed by atoms with van der Waals surface area (Å²) in [6.07, 6.45) is 4.23.